The summed E-state index contributed by atoms with van der Waals surface area (Å²) in [6, 6.07) is 8.31. The first kappa shape index (κ1) is 22.7. The van der Waals surface area contributed by atoms with Crippen LogP contribution in [0, 0.1) is 12.8 Å². The Bertz CT molecular complexity index is 1370. The van der Waals surface area contributed by atoms with Gasteiger partial charge in [-0.3, -0.25) is 14.5 Å². The van der Waals surface area contributed by atoms with Gasteiger partial charge in [0.05, 0.1) is 34.8 Å². The van der Waals surface area contributed by atoms with Crippen LogP contribution in [0.1, 0.15) is 36.8 Å². The fourth-order valence-electron chi connectivity index (χ4n) is 4.36. The topological polar surface area (TPSA) is 129 Å². The van der Waals surface area contributed by atoms with Crippen LogP contribution >= 0.6 is 0 Å². The number of benzene rings is 1. The van der Waals surface area contributed by atoms with Crippen molar-refractivity contribution in [3.05, 3.63) is 59.9 Å². The van der Waals surface area contributed by atoms with Crippen molar-refractivity contribution in [1.29, 1.82) is 0 Å². The average Bonchev–Trinajstić information content (AvgIpc) is 3.39. The van der Waals surface area contributed by atoms with Crippen molar-refractivity contribution in [2.45, 2.75) is 38.6 Å². The molecule has 3 heterocycles. The van der Waals surface area contributed by atoms with Gasteiger partial charge in [0.25, 0.3) is 5.89 Å². The number of rotatable bonds is 7. The molecule has 1 aliphatic carbocycles. The zero-order chi connectivity index (χ0) is 24.7. The highest BCUT2D eigenvalue weighted by atomic mass is 16.5. The fraction of sp³-hybridized carbons (Fsp3) is 0.360. The predicted molar refractivity (Wildman–Crippen MR) is 130 cm³/mol. The highest BCUT2D eigenvalue weighted by Gasteiger charge is 2.47. The molecule has 0 radical (unpaired) electrons. The summed E-state index contributed by atoms with van der Waals surface area (Å²) in [6.45, 7) is 4.22. The van der Waals surface area contributed by atoms with E-state index in [1.807, 2.05) is 6.92 Å². The van der Waals surface area contributed by atoms with Crippen molar-refractivity contribution in [3.63, 3.8) is 0 Å². The Balaban J connectivity index is 1.42. The summed E-state index contributed by atoms with van der Waals surface area (Å²) in [5.41, 5.74) is 9.74. The van der Waals surface area contributed by atoms with E-state index in [-0.39, 0.29) is 17.9 Å². The molecule has 10 heteroatoms. The summed E-state index contributed by atoms with van der Waals surface area (Å²) in [7, 11) is 3.43. The van der Waals surface area contributed by atoms with Gasteiger partial charge in [0.1, 0.15) is 12.4 Å². The summed E-state index contributed by atoms with van der Waals surface area (Å²) in [5.74, 6) is 1.82. The van der Waals surface area contributed by atoms with Crippen LogP contribution in [0.15, 0.2) is 47.4 Å². The molecular formula is C25H28N8O2. The first-order valence-electron chi connectivity index (χ1n) is 11.5. The van der Waals surface area contributed by atoms with E-state index in [1.54, 1.807) is 37.4 Å². The molecule has 1 fully saturated rings. The number of likely N-dealkylation sites (N-methyl/N-ethyl adjacent to an activating group) is 1. The molecule has 1 unspecified atom stereocenters. The number of aryl methyl sites for hydroxylation is 1. The minimum absolute atomic E-state index is 0.0456. The second-order valence-corrected chi connectivity index (χ2v) is 9.42. The molecule has 0 saturated heterocycles. The quantitative estimate of drug-likeness (QED) is 0.434. The molecule has 0 aliphatic heterocycles. The van der Waals surface area contributed by atoms with Gasteiger partial charge >= 0.3 is 0 Å². The maximum atomic E-state index is 12.0. The minimum Gasteiger partial charge on any atom is -0.382 e. The number of anilines is 1. The Morgan fingerprint density at radius 2 is 1.91 bits per heavy atom. The normalized spacial score (nSPS) is 15.1. The largest absolute Gasteiger partial charge is 0.382 e. The molecule has 1 amide bonds. The molecule has 1 saturated carbocycles. The predicted octanol–water partition coefficient (Wildman–Crippen LogP) is 3.08. The maximum Gasteiger partial charge on any atom is 0.261 e. The number of nitrogens with zero attached hydrogens (tertiary/aromatic N) is 7. The lowest BCUT2D eigenvalue weighted by atomic mass is 9.77. The van der Waals surface area contributed by atoms with Crippen LogP contribution in [-0.4, -0.2) is 54.8 Å². The third kappa shape index (κ3) is 4.27. The van der Waals surface area contributed by atoms with E-state index in [1.165, 1.54) is 4.90 Å². The van der Waals surface area contributed by atoms with E-state index in [0.29, 0.717) is 29.0 Å². The highest BCUT2D eigenvalue weighted by Crippen LogP contribution is 2.50. The zero-order valence-electron chi connectivity index (χ0n) is 20.3. The summed E-state index contributed by atoms with van der Waals surface area (Å²) in [4.78, 5) is 27.0. The van der Waals surface area contributed by atoms with E-state index < -0.39 is 0 Å². The van der Waals surface area contributed by atoms with Crippen LogP contribution < -0.4 is 5.73 Å². The lowest BCUT2D eigenvalue weighted by Gasteiger charge is -2.27. The van der Waals surface area contributed by atoms with Crippen molar-refractivity contribution in [2.75, 3.05) is 19.8 Å². The number of carbonyl (C=O) groups excluding carboxylic acids is 1. The molecule has 1 aliphatic rings. The van der Waals surface area contributed by atoms with Gasteiger partial charge in [-0.2, -0.15) is 10.1 Å². The lowest BCUT2D eigenvalue weighted by molar-refractivity contribution is -0.129. The standard InChI is InChI=1S/C25H28N8O2/c1-15-22(27-12-20(26)29-15)16-5-7-18(8-6-16)25(2,19-9-10-19)24-30-23(35-31-24)17-11-28-33(13-17)14-21(34)32(3)4/h5-8,11-13,19H,9-10,14H2,1-4H3,(H2,26,29). The van der Waals surface area contributed by atoms with E-state index in [9.17, 15) is 4.79 Å². The highest BCUT2D eigenvalue weighted by molar-refractivity contribution is 5.75. The van der Waals surface area contributed by atoms with Crippen LogP contribution in [-0.2, 0) is 16.8 Å². The molecule has 4 aromatic rings. The number of hydrogen-bond donors (Lipinski definition) is 1. The monoisotopic (exact) mass is 472 g/mol. The van der Waals surface area contributed by atoms with Gasteiger partial charge in [-0.05, 0) is 38.2 Å². The molecule has 1 atom stereocenters. The molecule has 0 spiro atoms. The van der Waals surface area contributed by atoms with Crippen LogP contribution in [0.2, 0.25) is 0 Å². The van der Waals surface area contributed by atoms with Crippen molar-refractivity contribution in [2.24, 2.45) is 5.92 Å². The SMILES string of the molecule is Cc1nc(N)cnc1-c1ccc(C(C)(c2noc(-c3cnn(CC(=O)N(C)C)c3)n2)C2CC2)cc1. The zero-order valence-corrected chi connectivity index (χ0v) is 20.3. The summed E-state index contributed by atoms with van der Waals surface area (Å²) in [5, 5.41) is 8.64. The average molecular weight is 473 g/mol. The van der Waals surface area contributed by atoms with Crippen LogP contribution in [0.5, 0.6) is 0 Å². The smallest absolute Gasteiger partial charge is 0.261 e. The van der Waals surface area contributed by atoms with Crippen molar-refractivity contribution >= 4 is 11.7 Å². The van der Waals surface area contributed by atoms with Gasteiger partial charge in [-0.15, -0.1) is 0 Å². The minimum atomic E-state index is -0.390. The van der Waals surface area contributed by atoms with Crippen molar-refractivity contribution < 1.29 is 9.32 Å². The summed E-state index contributed by atoms with van der Waals surface area (Å²) >= 11 is 0. The molecule has 2 N–H and O–H groups in total. The number of aromatic nitrogens is 6. The van der Waals surface area contributed by atoms with E-state index in [0.717, 1.165) is 35.4 Å². The summed E-state index contributed by atoms with van der Waals surface area (Å²) in [6.07, 6.45) is 7.17. The molecule has 5 rings (SSSR count). The number of nitrogens with two attached hydrogens (primary N) is 1. The van der Waals surface area contributed by atoms with Crippen LogP contribution in [0.4, 0.5) is 5.82 Å². The lowest BCUT2D eigenvalue weighted by Crippen LogP contribution is -2.28. The Kier molecular flexibility index (Phi) is 5.58. The molecule has 10 nitrogen and oxygen atoms in total. The second-order valence-electron chi connectivity index (χ2n) is 9.42. The molecule has 3 aromatic heterocycles. The first-order valence-corrected chi connectivity index (χ1v) is 11.5. The molecule has 0 bridgehead atoms. The number of nitrogen functional groups attached to an aromatic ring is 1. The van der Waals surface area contributed by atoms with Crippen LogP contribution in [0.25, 0.3) is 22.7 Å². The Hall–Kier alpha value is -4.08. The van der Waals surface area contributed by atoms with Gasteiger partial charge in [-0.25, -0.2) is 4.98 Å². The van der Waals surface area contributed by atoms with Gasteiger partial charge in [0, 0.05) is 25.9 Å². The van der Waals surface area contributed by atoms with Gasteiger partial charge in [0.2, 0.25) is 5.91 Å². The Morgan fingerprint density at radius 1 is 1.17 bits per heavy atom. The molecule has 35 heavy (non-hydrogen) atoms. The first-order chi connectivity index (χ1) is 16.8. The van der Waals surface area contributed by atoms with E-state index in [4.69, 9.17) is 15.2 Å². The Labute approximate surface area is 203 Å². The molecular weight excluding hydrogens is 444 g/mol. The third-order valence-electron chi connectivity index (χ3n) is 6.68. The van der Waals surface area contributed by atoms with E-state index in [2.05, 4.69) is 51.4 Å². The number of hydrogen-bond acceptors (Lipinski definition) is 8. The number of carbonyl (C=O) groups is 1. The fourth-order valence-corrected chi connectivity index (χ4v) is 4.36. The Morgan fingerprint density at radius 3 is 2.57 bits per heavy atom. The van der Waals surface area contributed by atoms with Crippen LogP contribution in [0.3, 0.4) is 0 Å². The number of amides is 1. The maximum absolute atomic E-state index is 12.0. The van der Waals surface area contributed by atoms with Crippen molar-refractivity contribution in [3.8, 4) is 22.7 Å². The van der Waals surface area contributed by atoms with Crippen molar-refractivity contribution in [1.82, 2.24) is 34.8 Å². The van der Waals surface area contributed by atoms with Gasteiger partial charge in [0.15, 0.2) is 5.82 Å². The second kappa shape index (κ2) is 8.61. The van der Waals surface area contributed by atoms with Gasteiger partial charge in [-0.1, -0.05) is 29.4 Å². The molecule has 1 aromatic carbocycles. The van der Waals surface area contributed by atoms with Gasteiger partial charge < -0.3 is 15.2 Å². The van der Waals surface area contributed by atoms with E-state index >= 15 is 0 Å². The summed E-state index contributed by atoms with van der Waals surface area (Å²) < 4.78 is 7.21. The molecule has 180 valence electrons. The third-order valence-corrected chi connectivity index (χ3v) is 6.68.